The molecule has 5 rings (SSSR count). The Balaban J connectivity index is 1.50. The Kier molecular flexibility index (Phi) is 6.38. The highest BCUT2D eigenvalue weighted by Gasteiger charge is 2.30. The van der Waals surface area contributed by atoms with Crippen molar-refractivity contribution in [2.24, 2.45) is 0 Å². The minimum Gasteiger partial charge on any atom is -0.383 e. The molecule has 1 N–H and O–H groups in total. The van der Waals surface area contributed by atoms with E-state index in [2.05, 4.69) is 54.4 Å². The normalized spacial score (nSPS) is 16.7. The standard InChI is InChI=1S/C23H27N7OS/c1-31-11-9-24-22-20-23(30(15-25-20)12-17-6-3-2-4-7-17)28-21(27-22)19-8-5-10-29(19)13-18-14-32-16-26-18/h2-4,6-7,14-16,19H,5,8-13H2,1H3,(H,24,27,28). The monoisotopic (exact) mass is 449 g/mol. The van der Waals surface area contributed by atoms with Gasteiger partial charge in [-0.1, -0.05) is 30.3 Å². The zero-order chi connectivity index (χ0) is 21.8. The van der Waals surface area contributed by atoms with E-state index in [1.54, 1.807) is 18.4 Å². The van der Waals surface area contributed by atoms with E-state index in [1.165, 1.54) is 5.56 Å². The molecule has 1 aromatic carbocycles. The maximum absolute atomic E-state index is 5.22. The molecule has 1 aliphatic heterocycles. The van der Waals surface area contributed by atoms with Crippen LogP contribution in [0.25, 0.3) is 11.2 Å². The molecule has 4 heterocycles. The van der Waals surface area contributed by atoms with E-state index >= 15 is 0 Å². The van der Waals surface area contributed by atoms with Crippen molar-refractivity contribution >= 4 is 28.3 Å². The van der Waals surface area contributed by atoms with Crippen molar-refractivity contribution in [2.45, 2.75) is 32.0 Å². The first-order valence-electron chi connectivity index (χ1n) is 10.9. The summed E-state index contributed by atoms with van der Waals surface area (Å²) in [6.07, 6.45) is 4.03. The Morgan fingerprint density at radius 3 is 2.88 bits per heavy atom. The molecule has 0 aliphatic carbocycles. The summed E-state index contributed by atoms with van der Waals surface area (Å²) in [6, 6.07) is 10.6. The number of anilines is 1. The van der Waals surface area contributed by atoms with Gasteiger partial charge in [-0.05, 0) is 24.9 Å². The van der Waals surface area contributed by atoms with Crippen molar-refractivity contribution in [3.8, 4) is 0 Å². The zero-order valence-electron chi connectivity index (χ0n) is 18.1. The van der Waals surface area contributed by atoms with E-state index < -0.39 is 0 Å². The summed E-state index contributed by atoms with van der Waals surface area (Å²) >= 11 is 1.64. The molecule has 32 heavy (non-hydrogen) atoms. The number of imidazole rings is 1. The molecule has 8 nitrogen and oxygen atoms in total. The van der Waals surface area contributed by atoms with Gasteiger partial charge in [-0.2, -0.15) is 0 Å². The number of ether oxygens (including phenoxy) is 1. The molecule has 1 aliphatic rings. The summed E-state index contributed by atoms with van der Waals surface area (Å²) in [7, 11) is 1.70. The van der Waals surface area contributed by atoms with Gasteiger partial charge in [0.1, 0.15) is 11.3 Å². The molecule has 0 amide bonds. The van der Waals surface area contributed by atoms with Crippen LogP contribution in [0.5, 0.6) is 0 Å². The number of methoxy groups -OCH3 is 1. The molecular formula is C23H27N7OS. The fourth-order valence-corrected chi connectivity index (χ4v) is 4.78. The second-order valence-electron chi connectivity index (χ2n) is 7.99. The molecule has 1 unspecified atom stereocenters. The van der Waals surface area contributed by atoms with Crippen LogP contribution in [0, 0.1) is 0 Å². The number of hydrogen-bond acceptors (Lipinski definition) is 8. The first-order valence-corrected chi connectivity index (χ1v) is 11.9. The van der Waals surface area contributed by atoms with Crippen LogP contribution >= 0.6 is 11.3 Å². The van der Waals surface area contributed by atoms with Gasteiger partial charge >= 0.3 is 0 Å². The zero-order valence-corrected chi connectivity index (χ0v) is 19.0. The van der Waals surface area contributed by atoms with Gasteiger partial charge < -0.3 is 14.6 Å². The van der Waals surface area contributed by atoms with E-state index in [-0.39, 0.29) is 6.04 Å². The summed E-state index contributed by atoms with van der Waals surface area (Å²) < 4.78 is 7.33. The maximum atomic E-state index is 5.22. The largest absolute Gasteiger partial charge is 0.383 e. The van der Waals surface area contributed by atoms with Gasteiger partial charge in [0.15, 0.2) is 11.5 Å². The molecular weight excluding hydrogens is 422 g/mol. The molecule has 0 radical (unpaired) electrons. The lowest BCUT2D eigenvalue weighted by Crippen LogP contribution is -2.25. The van der Waals surface area contributed by atoms with Crippen molar-refractivity contribution in [2.75, 3.05) is 32.1 Å². The predicted octanol–water partition coefficient (Wildman–Crippen LogP) is 3.73. The molecule has 4 aromatic rings. The fourth-order valence-electron chi connectivity index (χ4n) is 4.23. The highest BCUT2D eigenvalue weighted by Crippen LogP contribution is 2.33. The van der Waals surface area contributed by atoms with E-state index in [1.807, 2.05) is 17.9 Å². The van der Waals surface area contributed by atoms with Crippen LogP contribution in [0.2, 0.25) is 0 Å². The molecule has 0 saturated carbocycles. The minimum absolute atomic E-state index is 0.171. The van der Waals surface area contributed by atoms with Gasteiger partial charge in [0.05, 0.1) is 36.7 Å². The Morgan fingerprint density at radius 1 is 1.16 bits per heavy atom. The molecule has 1 fully saturated rings. The summed E-state index contributed by atoms with van der Waals surface area (Å²) in [6.45, 7) is 3.84. The topological polar surface area (TPSA) is 81.0 Å². The van der Waals surface area contributed by atoms with Gasteiger partial charge in [-0.25, -0.2) is 19.9 Å². The molecule has 0 spiro atoms. The summed E-state index contributed by atoms with van der Waals surface area (Å²) in [5, 5.41) is 5.53. The summed E-state index contributed by atoms with van der Waals surface area (Å²) in [5.41, 5.74) is 5.87. The van der Waals surface area contributed by atoms with Gasteiger partial charge in [0.2, 0.25) is 0 Å². The van der Waals surface area contributed by atoms with Crippen molar-refractivity contribution in [1.29, 1.82) is 0 Å². The van der Waals surface area contributed by atoms with E-state index in [4.69, 9.17) is 14.7 Å². The number of fused-ring (bicyclic) bond motifs is 1. The van der Waals surface area contributed by atoms with Crippen molar-refractivity contribution in [3.63, 3.8) is 0 Å². The molecule has 0 bridgehead atoms. The molecule has 9 heteroatoms. The van der Waals surface area contributed by atoms with Gasteiger partial charge in [0.25, 0.3) is 0 Å². The lowest BCUT2D eigenvalue weighted by Gasteiger charge is -2.23. The molecule has 166 valence electrons. The Hall–Kier alpha value is -2.88. The van der Waals surface area contributed by atoms with Gasteiger partial charge in [-0.3, -0.25) is 4.90 Å². The number of aromatic nitrogens is 5. The molecule has 1 saturated heterocycles. The van der Waals surface area contributed by atoms with E-state index in [0.29, 0.717) is 13.2 Å². The Labute approximate surface area is 191 Å². The van der Waals surface area contributed by atoms with Crippen molar-refractivity contribution in [3.05, 3.63) is 64.6 Å². The third-order valence-electron chi connectivity index (χ3n) is 5.79. The minimum atomic E-state index is 0.171. The van der Waals surface area contributed by atoms with Crippen LogP contribution in [0.15, 0.2) is 47.5 Å². The lowest BCUT2D eigenvalue weighted by atomic mass is 10.2. The number of hydrogen-bond donors (Lipinski definition) is 1. The average Bonchev–Trinajstić information content (AvgIpc) is 3.57. The van der Waals surface area contributed by atoms with Gasteiger partial charge in [0, 0.05) is 25.6 Å². The van der Waals surface area contributed by atoms with E-state index in [9.17, 15) is 0 Å². The predicted molar refractivity (Wildman–Crippen MR) is 126 cm³/mol. The number of likely N-dealkylation sites (tertiary alicyclic amines) is 1. The quantitative estimate of drug-likeness (QED) is 0.390. The Bertz CT molecular complexity index is 1150. The van der Waals surface area contributed by atoms with Crippen molar-refractivity contribution in [1.82, 2.24) is 29.4 Å². The van der Waals surface area contributed by atoms with Crippen LogP contribution in [-0.2, 0) is 17.8 Å². The second kappa shape index (κ2) is 9.72. The number of thiazole rings is 1. The van der Waals surface area contributed by atoms with E-state index in [0.717, 1.165) is 61.0 Å². The van der Waals surface area contributed by atoms with Gasteiger partial charge in [-0.15, -0.1) is 11.3 Å². The van der Waals surface area contributed by atoms with Crippen LogP contribution in [0.1, 0.15) is 36.0 Å². The highest BCUT2D eigenvalue weighted by molar-refractivity contribution is 7.07. The average molecular weight is 450 g/mol. The SMILES string of the molecule is COCCNc1nc(C2CCCN2Cc2cscn2)nc2c1ncn2Cc1ccccc1. The Morgan fingerprint density at radius 2 is 2.06 bits per heavy atom. The highest BCUT2D eigenvalue weighted by atomic mass is 32.1. The third-order valence-corrected chi connectivity index (χ3v) is 6.42. The fraction of sp³-hybridized carbons (Fsp3) is 0.391. The number of rotatable bonds is 9. The molecule has 3 aromatic heterocycles. The van der Waals surface area contributed by atoms with Crippen LogP contribution in [0.4, 0.5) is 5.82 Å². The lowest BCUT2D eigenvalue weighted by molar-refractivity contribution is 0.210. The number of nitrogens with one attached hydrogen (secondary N) is 1. The first kappa shape index (κ1) is 21.0. The summed E-state index contributed by atoms with van der Waals surface area (Å²) in [5.74, 6) is 1.62. The second-order valence-corrected chi connectivity index (χ2v) is 8.71. The van der Waals surface area contributed by atoms with Crippen LogP contribution in [-0.4, -0.2) is 56.2 Å². The van der Waals surface area contributed by atoms with Crippen LogP contribution < -0.4 is 5.32 Å². The maximum Gasteiger partial charge on any atom is 0.166 e. The third kappa shape index (κ3) is 4.50. The first-order chi connectivity index (χ1) is 15.8. The summed E-state index contributed by atoms with van der Waals surface area (Å²) in [4.78, 5) is 21.5. The van der Waals surface area contributed by atoms with Crippen molar-refractivity contribution < 1.29 is 4.74 Å². The van der Waals surface area contributed by atoms with Crippen LogP contribution in [0.3, 0.4) is 0 Å². The smallest absolute Gasteiger partial charge is 0.166 e. The molecule has 1 atom stereocenters. The number of nitrogens with zero attached hydrogens (tertiary/aromatic N) is 6. The number of benzene rings is 1.